The molecule has 0 aromatic heterocycles. The normalized spacial score (nSPS) is 24.4. The van der Waals surface area contributed by atoms with E-state index in [1.54, 1.807) is 6.92 Å². The van der Waals surface area contributed by atoms with Gasteiger partial charge in [0.05, 0.1) is 19.3 Å². The standard InChI is InChI=1S/C23H26N2O4S/c1-5-27-17-13-9-11-15-19-18(21(26)28-6-2)23(4,29-20(15)17)25(22(30)24-19)16-12-8-7-10-14(16)3/h7-13,18-19H,5-6H2,1-4H3,(H,24,30)/t18-,19+,23+/m1/s1. The van der Waals surface area contributed by atoms with Crippen LogP contribution < -0.4 is 19.7 Å². The van der Waals surface area contributed by atoms with Crippen LogP contribution in [0.5, 0.6) is 11.5 Å². The van der Waals surface area contributed by atoms with Crippen molar-refractivity contribution in [1.82, 2.24) is 5.32 Å². The Morgan fingerprint density at radius 1 is 1.20 bits per heavy atom. The van der Waals surface area contributed by atoms with Crippen molar-refractivity contribution in [3.8, 4) is 11.5 Å². The molecule has 3 atom stereocenters. The van der Waals surface area contributed by atoms with E-state index in [1.807, 2.05) is 68.1 Å². The van der Waals surface area contributed by atoms with Crippen LogP contribution in [0.4, 0.5) is 5.69 Å². The Morgan fingerprint density at radius 3 is 2.67 bits per heavy atom. The van der Waals surface area contributed by atoms with Gasteiger partial charge < -0.3 is 19.5 Å². The number of ether oxygens (including phenoxy) is 3. The lowest BCUT2D eigenvalue weighted by atomic mass is 9.79. The second kappa shape index (κ2) is 7.80. The number of para-hydroxylation sites is 2. The molecular formula is C23H26N2O4S. The average molecular weight is 427 g/mol. The van der Waals surface area contributed by atoms with Crippen molar-refractivity contribution < 1.29 is 19.0 Å². The Kier molecular flexibility index (Phi) is 5.32. The number of anilines is 1. The zero-order valence-corrected chi connectivity index (χ0v) is 18.4. The van der Waals surface area contributed by atoms with Gasteiger partial charge in [0.15, 0.2) is 16.6 Å². The number of fused-ring (bicyclic) bond motifs is 4. The number of hydrogen-bond donors (Lipinski definition) is 1. The quantitative estimate of drug-likeness (QED) is 0.570. The van der Waals surface area contributed by atoms with E-state index in [1.165, 1.54) is 0 Å². The maximum Gasteiger partial charge on any atom is 0.317 e. The zero-order chi connectivity index (χ0) is 21.5. The number of esters is 1. The van der Waals surface area contributed by atoms with E-state index in [0.717, 1.165) is 16.8 Å². The van der Waals surface area contributed by atoms with Gasteiger partial charge in [0.1, 0.15) is 5.92 Å². The van der Waals surface area contributed by atoms with Crippen molar-refractivity contribution in [2.24, 2.45) is 5.92 Å². The topological polar surface area (TPSA) is 60.0 Å². The number of carbonyl (C=O) groups excluding carboxylic acids is 1. The molecule has 7 heteroatoms. The Bertz CT molecular complexity index is 995. The van der Waals surface area contributed by atoms with Crippen molar-refractivity contribution in [2.75, 3.05) is 18.1 Å². The van der Waals surface area contributed by atoms with Gasteiger partial charge in [-0.1, -0.05) is 30.3 Å². The first-order valence-electron chi connectivity index (χ1n) is 10.2. The Labute approximate surface area is 182 Å². The highest BCUT2D eigenvalue weighted by Gasteiger charge is 2.60. The molecule has 4 rings (SSSR count). The first kappa shape index (κ1) is 20.5. The van der Waals surface area contributed by atoms with E-state index in [4.69, 9.17) is 26.4 Å². The molecule has 2 aliphatic heterocycles. The highest BCUT2D eigenvalue weighted by molar-refractivity contribution is 7.80. The lowest BCUT2D eigenvalue weighted by Gasteiger charge is -2.55. The predicted molar refractivity (Wildman–Crippen MR) is 119 cm³/mol. The van der Waals surface area contributed by atoms with Crippen LogP contribution in [0.15, 0.2) is 42.5 Å². The van der Waals surface area contributed by atoms with E-state index in [0.29, 0.717) is 29.8 Å². The van der Waals surface area contributed by atoms with Gasteiger partial charge in [-0.15, -0.1) is 0 Å². The molecule has 1 N–H and O–H groups in total. The molecule has 0 saturated carbocycles. The van der Waals surface area contributed by atoms with E-state index < -0.39 is 11.6 Å². The van der Waals surface area contributed by atoms with Crippen LogP contribution in [0.2, 0.25) is 0 Å². The molecular weight excluding hydrogens is 400 g/mol. The molecule has 0 unspecified atom stereocenters. The monoisotopic (exact) mass is 426 g/mol. The summed E-state index contributed by atoms with van der Waals surface area (Å²) in [6.07, 6.45) is 0. The third kappa shape index (κ3) is 3.08. The van der Waals surface area contributed by atoms with Crippen molar-refractivity contribution in [3.05, 3.63) is 53.6 Å². The van der Waals surface area contributed by atoms with Crippen LogP contribution in [-0.4, -0.2) is 30.0 Å². The third-order valence-corrected chi connectivity index (χ3v) is 5.99. The molecule has 0 spiro atoms. The van der Waals surface area contributed by atoms with E-state index in [-0.39, 0.29) is 12.0 Å². The summed E-state index contributed by atoms with van der Waals surface area (Å²) in [5.74, 6) is 0.313. The molecule has 6 nitrogen and oxygen atoms in total. The number of nitrogens with one attached hydrogen (secondary N) is 1. The van der Waals surface area contributed by atoms with E-state index in [2.05, 4.69) is 5.32 Å². The summed E-state index contributed by atoms with van der Waals surface area (Å²) in [5.41, 5.74) is 1.65. The Morgan fingerprint density at radius 2 is 1.97 bits per heavy atom. The summed E-state index contributed by atoms with van der Waals surface area (Å²) in [7, 11) is 0. The predicted octanol–water partition coefficient (Wildman–Crippen LogP) is 4.12. The fraction of sp³-hybridized carbons (Fsp3) is 0.391. The van der Waals surface area contributed by atoms with Crippen LogP contribution in [0, 0.1) is 12.8 Å². The SMILES string of the molecule is CCOC(=O)[C@H]1[C@H]2NC(=S)N(c3ccccc3C)[C@@]1(C)Oc1c(OCC)cccc12. The highest BCUT2D eigenvalue weighted by Crippen LogP contribution is 2.52. The largest absolute Gasteiger partial charge is 0.490 e. The number of aryl methyl sites for hydroxylation is 1. The number of nitrogens with zero attached hydrogens (tertiary/aromatic N) is 1. The van der Waals surface area contributed by atoms with Gasteiger partial charge in [-0.2, -0.15) is 0 Å². The van der Waals surface area contributed by atoms with Gasteiger partial charge in [0.25, 0.3) is 0 Å². The number of hydrogen-bond acceptors (Lipinski definition) is 5. The average Bonchev–Trinajstić information content (AvgIpc) is 2.70. The minimum atomic E-state index is -1.09. The Balaban J connectivity index is 1.93. The minimum absolute atomic E-state index is 0.290. The molecule has 2 bridgehead atoms. The van der Waals surface area contributed by atoms with Gasteiger partial charge in [-0.25, -0.2) is 0 Å². The van der Waals surface area contributed by atoms with Crippen LogP contribution in [-0.2, 0) is 9.53 Å². The van der Waals surface area contributed by atoms with Gasteiger partial charge in [0, 0.05) is 11.3 Å². The van der Waals surface area contributed by atoms with Crippen molar-refractivity contribution in [1.29, 1.82) is 0 Å². The fourth-order valence-corrected chi connectivity index (χ4v) is 4.82. The molecule has 1 fully saturated rings. The molecule has 158 valence electrons. The van der Waals surface area contributed by atoms with Crippen LogP contribution in [0.1, 0.15) is 37.9 Å². The second-order valence-electron chi connectivity index (χ2n) is 7.54. The molecule has 2 aliphatic rings. The summed E-state index contributed by atoms with van der Waals surface area (Å²) >= 11 is 5.76. The molecule has 0 aliphatic carbocycles. The number of carbonyl (C=O) groups is 1. The first-order chi connectivity index (χ1) is 14.4. The molecule has 30 heavy (non-hydrogen) atoms. The van der Waals surface area contributed by atoms with Crippen LogP contribution in [0.3, 0.4) is 0 Å². The van der Waals surface area contributed by atoms with Gasteiger partial charge in [0.2, 0.25) is 5.72 Å². The summed E-state index contributed by atoms with van der Waals surface area (Å²) in [5, 5.41) is 3.89. The van der Waals surface area contributed by atoms with Gasteiger partial charge in [-0.3, -0.25) is 9.69 Å². The number of thiocarbonyl (C=S) groups is 1. The first-order valence-corrected chi connectivity index (χ1v) is 10.6. The van der Waals surface area contributed by atoms with E-state index >= 15 is 0 Å². The number of rotatable bonds is 5. The molecule has 2 heterocycles. The lowest BCUT2D eigenvalue weighted by molar-refractivity contribution is -0.159. The summed E-state index contributed by atoms with van der Waals surface area (Å²) < 4.78 is 17.9. The summed E-state index contributed by atoms with van der Waals surface area (Å²) in [4.78, 5) is 15.1. The summed E-state index contributed by atoms with van der Waals surface area (Å²) in [6.45, 7) is 8.44. The second-order valence-corrected chi connectivity index (χ2v) is 7.93. The maximum atomic E-state index is 13.2. The smallest absolute Gasteiger partial charge is 0.317 e. The van der Waals surface area contributed by atoms with Crippen LogP contribution in [0.25, 0.3) is 0 Å². The maximum absolute atomic E-state index is 13.2. The zero-order valence-electron chi connectivity index (χ0n) is 17.6. The number of benzene rings is 2. The molecule has 1 saturated heterocycles. The van der Waals surface area contributed by atoms with Crippen molar-refractivity contribution in [2.45, 2.75) is 39.5 Å². The van der Waals surface area contributed by atoms with Crippen molar-refractivity contribution >= 4 is 29.0 Å². The van der Waals surface area contributed by atoms with Gasteiger partial charge in [-0.05, 0) is 57.6 Å². The molecule has 0 radical (unpaired) electrons. The van der Waals surface area contributed by atoms with Crippen molar-refractivity contribution in [3.63, 3.8) is 0 Å². The fourth-order valence-electron chi connectivity index (χ4n) is 4.41. The molecule has 2 aromatic carbocycles. The van der Waals surface area contributed by atoms with E-state index in [9.17, 15) is 4.79 Å². The third-order valence-electron chi connectivity index (χ3n) is 5.69. The molecule has 2 aromatic rings. The van der Waals surface area contributed by atoms with Crippen LogP contribution >= 0.6 is 12.2 Å². The minimum Gasteiger partial charge on any atom is -0.490 e. The van der Waals surface area contributed by atoms with Gasteiger partial charge >= 0.3 is 5.97 Å². The summed E-state index contributed by atoms with van der Waals surface area (Å²) in [6, 6.07) is 13.2. The lowest BCUT2D eigenvalue weighted by Crippen LogP contribution is -2.72. The molecule has 0 amide bonds. The Hall–Kier alpha value is -2.80. The highest BCUT2D eigenvalue weighted by atomic mass is 32.1.